The number of hydrogen-bond donors (Lipinski definition) is 2. The maximum atomic E-state index is 14.4. The molecule has 2 aliphatic rings. The smallest absolute Gasteiger partial charge is 0.256 e. The molecule has 3 aromatic carbocycles. The van der Waals surface area contributed by atoms with Crippen LogP contribution in [0.5, 0.6) is 0 Å². The van der Waals surface area contributed by atoms with Crippen molar-refractivity contribution < 1.29 is 19.2 Å². The Bertz CT molecular complexity index is 1800. The van der Waals surface area contributed by atoms with Crippen LogP contribution in [0.3, 0.4) is 0 Å². The second-order valence-electron chi connectivity index (χ2n) is 12.8. The maximum absolute atomic E-state index is 14.4. The van der Waals surface area contributed by atoms with Crippen molar-refractivity contribution in [3.63, 3.8) is 0 Å². The zero-order valence-corrected chi connectivity index (χ0v) is 28.6. The third kappa shape index (κ3) is 7.01. The number of carbonyl (C=O) groups excluding carboxylic acids is 4. The predicted octanol–water partition coefficient (Wildman–Crippen LogP) is 3.48. The van der Waals surface area contributed by atoms with Crippen LogP contribution in [0.4, 0.5) is 0 Å². The van der Waals surface area contributed by atoms with Gasteiger partial charge in [-0.25, -0.2) is 0 Å². The van der Waals surface area contributed by atoms with E-state index in [0.717, 1.165) is 16.7 Å². The van der Waals surface area contributed by atoms with Crippen molar-refractivity contribution >= 4 is 23.6 Å². The van der Waals surface area contributed by atoms with Gasteiger partial charge in [0, 0.05) is 82.1 Å². The zero-order valence-electron chi connectivity index (χ0n) is 28.6. The predicted molar refractivity (Wildman–Crippen MR) is 191 cm³/mol. The zero-order chi connectivity index (χ0) is 35.4. The second-order valence-corrected chi connectivity index (χ2v) is 12.8. The molecule has 0 bridgehead atoms. The molecule has 0 atom stereocenters. The lowest BCUT2D eigenvalue weighted by atomic mass is 9.90. The summed E-state index contributed by atoms with van der Waals surface area (Å²) < 4.78 is 0. The monoisotopic (exact) mass is 673 g/mol. The van der Waals surface area contributed by atoms with E-state index < -0.39 is 0 Å². The van der Waals surface area contributed by atoms with Crippen LogP contribution in [0.1, 0.15) is 63.9 Å². The van der Waals surface area contributed by atoms with Gasteiger partial charge in [0.25, 0.3) is 23.6 Å². The van der Waals surface area contributed by atoms with Crippen molar-refractivity contribution in [1.82, 2.24) is 24.6 Å². The van der Waals surface area contributed by atoms with E-state index in [0.29, 0.717) is 105 Å². The van der Waals surface area contributed by atoms with E-state index in [-0.39, 0.29) is 23.6 Å². The molecule has 50 heavy (non-hydrogen) atoms. The largest absolute Gasteiger partial charge is 0.335 e. The van der Waals surface area contributed by atoms with Crippen LogP contribution in [0, 0.1) is 13.8 Å². The SMILES string of the molecule is Cc1nc(C)c(C(=O)N2CCN(C(=O)c3cccc(CN)c3)CC2)c(-c2ccccc2)c1C(=O)N1CCN(C(=O)c2cccc(CN)c2)CC1. The van der Waals surface area contributed by atoms with Crippen LogP contribution in [0.25, 0.3) is 11.1 Å². The van der Waals surface area contributed by atoms with Gasteiger partial charge in [-0.15, -0.1) is 0 Å². The van der Waals surface area contributed by atoms with E-state index in [4.69, 9.17) is 16.5 Å². The summed E-state index contributed by atoms with van der Waals surface area (Å²) in [5.74, 6) is -0.640. The third-order valence-corrected chi connectivity index (χ3v) is 9.58. The van der Waals surface area contributed by atoms with Crippen LogP contribution >= 0.6 is 0 Å². The summed E-state index contributed by atoms with van der Waals surface area (Å²) in [5.41, 5.74) is 17.6. The van der Waals surface area contributed by atoms with E-state index in [1.165, 1.54) is 0 Å². The van der Waals surface area contributed by atoms with Gasteiger partial charge in [0.05, 0.1) is 22.5 Å². The number of pyridine rings is 1. The lowest BCUT2D eigenvalue weighted by molar-refractivity contribution is 0.0530. The highest BCUT2D eigenvalue weighted by atomic mass is 16.2. The van der Waals surface area contributed by atoms with E-state index in [2.05, 4.69) is 0 Å². The molecule has 0 radical (unpaired) electrons. The minimum Gasteiger partial charge on any atom is -0.335 e. The van der Waals surface area contributed by atoms with Crippen LogP contribution in [-0.2, 0) is 13.1 Å². The highest BCUT2D eigenvalue weighted by Crippen LogP contribution is 2.34. The Kier molecular flexibility index (Phi) is 10.4. The van der Waals surface area contributed by atoms with Gasteiger partial charge in [-0.3, -0.25) is 24.2 Å². The van der Waals surface area contributed by atoms with Gasteiger partial charge in [0.15, 0.2) is 0 Å². The normalized spacial score (nSPS) is 14.9. The molecule has 0 saturated carbocycles. The van der Waals surface area contributed by atoms with E-state index in [9.17, 15) is 19.2 Å². The van der Waals surface area contributed by atoms with Gasteiger partial charge in [-0.05, 0) is 54.8 Å². The molecule has 2 fully saturated rings. The first-order valence-corrected chi connectivity index (χ1v) is 17.0. The quantitative estimate of drug-likeness (QED) is 0.306. The molecule has 1 aromatic heterocycles. The van der Waals surface area contributed by atoms with Crippen molar-refractivity contribution in [2.24, 2.45) is 11.5 Å². The molecule has 4 N–H and O–H groups in total. The van der Waals surface area contributed by atoms with Gasteiger partial charge in [0.1, 0.15) is 0 Å². The molecule has 2 aliphatic heterocycles. The van der Waals surface area contributed by atoms with Crippen LogP contribution in [-0.4, -0.2) is 101 Å². The fourth-order valence-corrected chi connectivity index (χ4v) is 6.84. The number of hydrogen-bond acceptors (Lipinski definition) is 7. The Morgan fingerprint density at radius 1 is 0.540 bits per heavy atom. The van der Waals surface area contributed by atoms with E-state index in [1.54, 1.807) is 45.6 Å². The van der Waals surface area contributed by atoms with Gasteiger partial charge >= 0.3 is 0 Å². The molecule has 4 amide bonds. The lowest BCUT2D eigenvalue weighted by Gasteiger charge is -2.36. The van der Waals surface area contributed by atoms with Crippen molar-refractivity contribution in [2.45, 2.75) is 26.9 Å². The van der Waals surface area contributed by atoms with Gasteiger partial charge in [-0.1, -0.05) is 54.6 Å². The molecule has 4 aromatic rings. The molecule has 3 heterocycles. The number of piperazine rings is 2. The molecule has 0 spiro atoms. The van der Waals surface area contributed by atoms with E-state index >= 15 is 0 Å². The average molecular weight is 674 g/mol. The minimum atomic E-state index is -0.227. The molecule has 258 valence electrons. The van der Waals surface area contributed by atoms with Gasteiger partial charge < -0.3 is 31.1 Å². The highest BCUT2D eigenvalue weighted by Gasteiger charge is 2.34. The van der Waals surface area contributed by atoms with Crippen LogP contribution in [0.15, 0.2) is 78.9 Å². The fraction of sp³-hybridized carbons (Fsp3) is 0.308. The molecule has 6 rings (SSSR count). The third-order valence-electron chi connectivity index (χ3n) is 9.58. The minimum absolute atomic E-state index is 0.0932. The van der Waals surface area contributed by atoms with Crippen molar-refractivity contribution in [2.75, 3.05) is 52.4 Å². The lowest BCUT2D eigenvalue weighted by Crippen LogP contribution is -2.51. The van der Waals surface area contributed by atoms with Crippen molar-refractivity contribution in [3.8, 4) is 11.1 Å². The molecule has 2 saturated heterocycles. The fourth-order valence-electron chi connectivity index (χ4n) is 6.84. The number of nitrogens with zero attached hydrogens (tertiary/aromatic N) is 5. The first-order chi connectivity index (χ1) is 24.2. The van der Waals surface area contributed by atoms with E-state index in [1.807, 2.05) is 66.7 Å². The number of aromatic nitrogens is 1. The summed E-state index contributed by atoms with van der Waals surface area (Å²) in [5, 5.41) is 0. The molecule has 11 heteroatoms. The first-order valence-electron chi connectivity index (χ1n) is 17.0. The highest BCUT2D eigenvalue weighted by molar-refractivity contribution is 6.10. The molecule has 0 aliphatic carbocycles. The van der Waals surface area contributed by atoms with Gasteiger partial charge in [-0.2, -0.15) is 0 Å². The Hall–Kier alpha value is -5.39. The van der Waals surface area contributed by atoms with Crippen molar-refractivity contribution in [3.05, 3.63) is 124 Å². The maximum Gasteiger partial charge on any atom is 0.256 e. The number of aryl methyl sites for hydroxylation is 2. The molecular formula is C39H43N7O4. The van der Waals surface area contributed by atoms with Crippen LogP contribution < -0.4 is 11.5 Å². The van der Waals surface area contributed by atoms with Gasteiger partial charge in [0.2, 0.25) is 0 Å². The number of rotatable bonds is 7. The van der Waals surface area contributed by atoms with Crippen molar-refractivity contribution in [1.29, 1.82) is 0 Å². The molecule has 11 nitrogen and oxygen atoms in total. The first kappa shape index (κ1) is 34.5. The second kappa shape index (κ2) is 15.0. The number of amides is 4. The summed E-state index contributed by atoms with van der Waals surface area (Å²) in [6, 6.07) is 24.1. The summed E-state index contributed by atoms with van der Waals surface area (Å²) in [4.78, 5) is 67.1. The standard InChI is InChI=1S/C39H43N7O4/c1-26-33(38(49)45-18-14-43(15-19-45)36(47)31-12-6-8-28(22-31)24-40)35(30-10-4-3-5-11-30)34(27(2)42-26)39(50)46-20-16-44(17-21-46)37(48)32-13-7-9-29(23-32)25-41/h3-13,22-23H,14-21,24-25,40-41H2,1-2H3. The van der Waals surface area contributed by atoms with Crippen LogP contribution in [0.2, 0.25) is 0 Å². The number of carbonyl (C=O) groups is 4. The summed E-state index contributed by atoms with van der Waals surface area (Å²) in [6.45, 7) is 7.18. The average Bonchev–Trinajstić information content (AvgIpc) is 3.17. The number of nitrogens with two attached hydrogens (primary N) is 2. The Balaban J connectivity index is 1.24. The summed E-state index contributed by atoms with van der Waals surface area (Å²) in [6.07, 6.45) is 0. The molecular weight excluding hydrogens is 630 g/mol. The summed E-state index contributed by atoms with van der Waals surface area (Å²) >= 11 is 0. The Morgan fingerprint density at radius 2 is 0.920 bits per heavy atom. The Morgan fingerprint density at radius 3 is 1.30 bits per heavy atom. The molecule has 0 unspecified atom stereocenters. The number of benzene rings is 3. The summed E-state index contributed by atoms with van der Waals surface area (Å²) in [7, 11) is 0. The topological polar surface area (TPSA) is 146 Å². The Labute approximate surface area is 292 Å².